The molecule has 0 fully saturated rings. The molecule has 4 nitrogen and oxygen atoms in total. The Morgan fingerprint density at radius 3 is 3.13 bits per heavy atom. The Hall–Kier alpha value is -1.58. The van der Waals surface area contributed by atoms with Crippen molar-refractivity contribution in [1.82, 2.24) is 9.88 Å². The first-order valence-electron chi connectivity index (χ1n) is 5.09. The van der Waals surface area contributed by atoms with Crippen LogP contribution in [0.4, 0.5) is 0 Å². The monoisotopic (exact) mass is 206 g/mol. The van der Waals surface area contributed by atoms with Crippen LogP contribution in [-0.4, -0.2) is 36.0 Å². The predicted molar refractivity (Wildman–Crippen MR) is 56.1 cm³/mol. The van der Waals surface area contributed by atoms with Crippen LogP contribution in [0.1, 0.15) is 23.0 Å². The van der Waals surface area contributed by atoms with E-state index < -0.39 is 0 Å². The maximum absolute atomic E-state index is 11.9. The van der Waals surface area contributed by atoms with Gasteiger partial charge in [-0.05, 0) is 12.5 Å². The minimum Gasteiger partial charge on any atom is -0.489 e. The van der Waals surface area contributed by atoms with Crippen LogP contribution in [0.5, 0.6) is 5.75 Å². The standard InChI is InChI=1S/C11H14N2O2/c1-3-8-6-9-10(7-12-8)15-5-4-13(2)11(9)14/h6-7H,3-5H2,1-2H3. The molecule has 1 aromatic heterocycles. The molecule has 15 heavy (non-hydrogen) atoms. The lowest BCUT2D eigenvalue weighted by atomic mass is 10.1. The summed E-state index contributed by atoms with van der Waals surface area (Å²) in [6.45, 7) is 3.16. The van der Waals surface area contributed by atoms with Crippen LogP contribution >= 0.6 is 0 Å². The Morgan fingerprint density at radius 2 is 2.40 bits per heavy atom. The Bertz CT molecular complexity index is 390. The number of carbonyl (C=O) groups excluding carboxylic acids is 1. The number of fused-ring (bicyclic) bond motifs is 1. The number of hydrogen-bond acceptors (Lipinski definition) is 3. The molecule has 0 atom stereocenters. The van der Waals surface area contributed by atoms with Crippen LogP contribution in [0, 0.1) is 0 Å². The highest BCUT2D eigenvalue weighted by Gasteiger charge is 2.21. The Morgan fingerprint density at radius 1 is 1.60 bits per heavy atom. The van der Waals surface area contributed by atoms with Gasteiger partial charge in [0.15, 0.2) is 0 Å². The summed E-state index contributed by atoms with van der Waals surface area (Å²) in [6.07, 6.45) is 2.47. The lowest BCUT2D eigenvalue weighted by molar-refractivity contribution is 0.0796. The van der Waals surface area contributed by atoms with Crippen molar-refractivity contribution in [2.24, 2.45) is 0 Å². The molecular formula is C11H14N2O2. The number of amides is 1. The third kappa shape index (κ3) is 1.79. The topological polar surface area (TPSA) is 42.4 Å². The van der Waals surface area contributed by atoms with E-state index in [9.17, 15) is 4.79 Å². The molecule has 1 aliphatic heterocycles. The van der Waals surface area contributed by atoms with Crippen molar-refractivity contribution in [3.05, 3.63) is 23.5 Å². The molecule has 1 aliphatic rings. The lowest BCUT2D eigenvalue weighted by Crippen LogP contribution is -2.27. The highest BCUT2D eigenvalue weighted by atomic mass is 16.5. The first-order chi connectivity index (χ1) is 7.22. The van der Waals surface area contributed by atoms with E-state index in [1.165, 1.54) is 0 Å². The van der Waals surface area contributed by atoms with E-state index in [1.54, 1.807) is 18.1 Å². The summed E-state index contributed by atoms with van der Waals surface area (Å²) in [5, 5.41) is 0. The zero-order valence-corrected chi connectivity index (χ0v) is 8.99. The summed E-state index contributed by atoms with van der Waals surface area (Å²) >= 11 is 0. The van der Waals surface area contributed by atoms with Gasteiger partial charge in [0.25, 0.3) is 5.91 Å². The van der Waals surface area contributed by atoms with Gasteiger partial charge in [-0.1, -0.05) is 6.92 Å². The van der Waals surface area contributed by atoms with E-state index in [4.69, 9.17) is 4.74 Å². The summed E-state index contributed by atoms with van der Waals surface area (Å²) in [7, 11) is 1.78. The molecule has 0 saturated carbocycles. The van der Waals surface area contributed by atoms with Gasteiger partial charge in [0, 0.05) is 12.7 Å². The molecule has 2 heterocycles. The van der Waals surface area contributed by atoms with Crippen molar-refractivity contribution in [1.29, 1.82) is 0 Å². The molecule has 4 heteroatoms. The fourth-order valence-corrected chi connectivity index (χ4v) is 1.56. The van der Waals surface area contributed by atoms with Gasteiger partial charge in [0.2, 0.25) is 0 Å². The van der Waals surface area contributed by atoms with Crippen LogP contribution in [-0.2, 0) is 6.42 Å². The van der Waals surface area contributed by atoms with Crippen LogP contribution in [0.25, 0.3) is 0 Å². The summed E-state index contributed by atoms with van der Waals surface area (Å²) < 4.78 is 5.46. The number of ether oxygens (including phenoxy) is 1. The third-order valence-electron chi connectivity index (χ3n) is 2.55. The molecule has 0 radical (unpaired) electrons. The van der Waals surface area contributed by atoms with Crippen LogP contribution in [0.3, 0.4) is 0 Å². The van der Waals surface area contributed by atoms with Crippen molar-refractivity contribution in [2.75, 3.05) is 20.2 Å². The summed E-state index contributed by atoms with van der Waals surface area (Å²) in [6, 6.07) is 1.82. The Labute approximate surface area is 88.9 Å². The molecule has 0 saturated heterocycles. The molecule has 0 bridgehead atoms. The van der Waals surface area contributed by atoms with Gasteiger partial charge in [-0.15, -0.1) is 0 Å². The number of carbonyl (C=O) groups is 1. The van der Waals surface area contributed by atoms with E-state index >= 15 is 0 Å². The zero-order valence-electron chi connectivity index (χ0n) is 8.99. The van der Waals surface area contributed by atoms with E-state index in [-0.39, 0.29) is 5.91 Å². The normalized spacial score (nSPS) is 15.6. The Kier molecular flexibility index (Phi) is 2.58. The summed E-state index contributed by atoms with van der Waals surface area (Å²) in [5.74, 6) is 0.612. The molecule has 0 aromatic carbocycles. The zero-order chi connectivity index (χ0) is 10.8. The van der Waals surface area contributed by atoms with Crippen molar-refractivity contribution in [2.45, 2.75) is 13.3 Å². The Balaban J connectivity index is 2.46. The molecule has 80 valence electrons. The van der Waals surface area contributed by atoms with Gasteiger partial charge >= 0.3 is 0 Å². The molecule has 1 amide bonds. The fourth-order valence-electron chi connectivity index (χ4n) is 1.56. The predicted octanol–water partition coefficient (Wildman–Crippen LogP) is 1.11. The van der Waals surface area contributed by atoms with E-state index in [1.807, 2.05) is 13.0 Å². The van der Waals surface area contributed by atoms with Gasteiger partial charge in [0.1, 0.15) is 12.4 Å². The van der Waals surface area contributed by atoms with Crippen LogP contribution in [0.2, 0.25) is 0 Å². The number of rotatable bonds is 1. The second-order valence-electron chi connectivity index (χ2n) is 3.60. The molecule has 0 unspecified atom stereocenters. The fraction of sp³-hybridized carbons (Fsp3) is 0.455. The quantitative estimate of drug-likeness (QED) is 0.691. The van der Waals surface area contributed by atoms with Crippen molar-refractivity contribution < 1.29 is 9.53 Å². The SMILES string of the molecule is CCc1cc2c(cn1)OCCN(C)C2=O. The number of aryl methyl sites for hydroxylation is 1. The number of pyridine rings is 1. The highest BCUT2D eigenvalue weighted by molar-refractivity contribution is 5.97. The van der Waals surface area contributed by atoms with Gasteiger partial charge in [0.05, 0.1) is 18.3 Å². The van der Waals surface area contributed by atoms with E-state index in [0.29, 0.717) is 24.5 Å². The number of hydrogen-bond donors (Lipinski definition) is 0. The average molecular weight is 206 g/mol. The molecule has 2 rings (SSSR count). The second-order valence-corrected chi connectivity index (χ2v) is 3.60. The number of aromatic nitrogens is 1. The molecule has 0 aliphatic carbocycles. The van der Waals surface area contributed by atoms with Crippen molar-refractivity contribution >= 4 is 5.91 Å². The summed E-state index contributed by atoms with van der Waals surface area (Å²) in [4.78, 5) is 17.8. The highest BCUT2D eigenvalue weighted by Crippen LogP contribution is 2.22. The maximum atomic E-state index is 11.9. The minimum atomic E-state index is 0.0135. The lowest BCUT2D eigenvalue weighted by Gasteiger charge is -2.12. The van der Waals surface area contributed by atoms with Gasteiger partial charge in [-0.2, -0.15) is 0 Å². The smallest absolute Gasteiger partial charge is 0.257 e. The van der Waals surface area contributed by atoms with E-state index in [0.717, 1.165) is 12.1 Å². The van der Waals surface area contributed by atoms with Gasteiger partial charge in [-0.25, -0.2) is 0 Å². The van der Waals surface area contributed by atoms with Crippen LogP contribution < -0.4 is 4.74 Å². The van der Waals surface area contributed by atoms with E-state index in [2.05, 4.69) is 4.98 Å². The second kappa shape index (κ2) is 3.88. The molecule has 0 N–H and O–H groups in total. The third-order valence-corrected chi connectivity index (χ3v) is 2.55. The van der Waals surface area contributed by atoms with Crippen LogP contribution in [0.15, 0.2) is 12.3 Å². The largest absolute Gasteiger partial charge is 0.489 e. The molecular weight excluding hydrogens is 192 g/mol. The number of nitrogens with zero attached hydrogens (tertiary/aromatic N) is 2. The van der Waals surface area contributed by atoms with Crippen molar-refractivity contribution in [3.8, 4) is 5.75 Å². The maximum Gasteiger partial charge on any atom is 0.257 e. The van der Waals surface area contributed by atoms with Gasteiger partial charge < -0.3 is 9.64 Å². The minimum absolute atomic E-state index is 0.0135. The first-order valence-corrected chi connectivity index (χ1v) is 5.09. The molecule has 0 spiro atoms. The number of likely N-dealkylation sites (N-methyl/N-ethyl adjacent to an activating group) is 1. The molecule has 1 aromatic rings. The van der Waals surface area contributed by atoms with Gasteiger partial charge in [-0.3, -0.25) is 9.78 Å². The summed E-state index contributed by atoms with van der Waals surface area (Å²) in [5.41, 5.74) is 1.54. The van der Waals surface area contributed by atoms with Crippen molar-refractivity contribution in [3.63, 3.8) is 0 Å². The average Bonchev–Trinajstić information content (AvgIpc) is 2.40. The first kappa shape index (κ1) is 9.96.